The SMILES string of the molecule is CC1C(CSc2cccc[n+]2[O-])OC(c2ccc(-c3ccccc3CNC(=O)NCc3ccccc3)cc2)OC1c1ccc(CO)cc1. The van der Waals surface area contributed by atoms with Gasteiger partial charge in [0.1, 0.15) is 0 Å². The van der Waals surface area contributed by atoms with E-state index in [2.05, 4.69) is 17.6 Å². The molecule has 1 aromatic heterocycles. The fraction of sp³-hybridized carbons (Fsp3) is 0.231. The maximum Gasteiger partial charge on any atom is 0.315 e. The molecule has 4 aromatic carbocycles. The van der Waals surface area contributed by atoms with E-state index in [1.165, 1.54) is 18.0 Å². The van der Waals surface area contributed by atoms with E-state index in [-0.39, 0.29) is 30.8 Å². The number of ether oxygens (including phenoxy) is 2. The van der Waals surface area contributed by atoms with E-state index < -0.39 is 6.29 Å². The Balaban J connectivity index is 1.17. The van der Waals surface area contributed by atoms with E-state index in [0.717, 1.165) is 43.7 Å². The van der Waals surface area contributed by atoms with Gasteiger partial charge in [-0.05, 0) is 39.4 Å². The maximum atomic E-state index is 12.5. The molecule has 48 heavy (non-hydrogen) atoms. The van der Waals surface area contributed by atoms with Crippen LogP contribution in [0.4, 0.5) is 4.79 Å². The lowest BCUT2D eigenvalue weighted by Gasteiger charge is -2.41. The van der Waals surface area contributed by atoms with Crippen LogP contribution in [0.3, 0.4) is 0 Å². The van der Waals surface area contributed by atoms with Gasteiger partial charge in [-0.1, -0.05) is 122 Å². The molecule has 1 saturated heterocycles. The largest absolute Gasteiger partial charge is 0.618 e. The lowest BCUT2D eigenvalue weighted by molar-refractivity contribution is -0.645. The van der Waals surface area contributed by atoms with Crippen LogP contribution in [-0.4, -0.2) is 23.0 Å². The van der Waals surface area contributed by atoms with E-state index in [1.54, 1.807) is 6.07 Å². The third-order valence-electron chi connectivity index (χ3n) is 8.55. The fourth-order valence-electron chi connectivity index (χ4n) is 5.79. The summed E-state index contributed by atoms with van der Waals surface area (Å²) in [7, 11) is 0. The van der Waals surface area contributed by atoms with Gasteiger partial charge >= 0.3 is 6.03 Å². The standard InChI is InChI=1S/C39H39N3O5S/c1-27-35(26-48-36-13-7-8-22-42(36)45)46-38(47-37(27)31-16-14-29(25-43)15-17-31)32-20-18-30(19-21-32)34-12-6-5-11-33(34)24-41-39(44)40-23-28-9-3-2-4-10-28/h2-22,27,35,37-38,43H,23-26H2,1H3,(H2,40,41,44). The molecule has 0 radical (unpaired) electrons. The summed E-state index contributed by atoms with van der Waals surface area (Å²) < 4.78 is 14.1. The van der Waals surface area contributed by atoms with Gasteiger partial charge in [-0.25, -0.2) is 4.79 Å². The minimum Gasteiger partial charge on any atom is -0.618 e. The molecule has 0 aliphatic carbocycles. The zero-order valence-corrected chi connectivity index (χ0v) is 27.5. The molecule has 2 heterocycles. The van der Waals surface area contributed by atoms with Crippen molar-refractivity contribution in [1.82, 2.24) is 10.6 Å². The maximum absolute atomic E-state index is 12.5. The van der Waals surface area contributed by atoms with Crippen molar-refractivity contribution in [3.05, 3.63) is 161 Å². The number of aliphatic hydroxyl groups excluding tert-OH is 1. The zero-order chi connectivity index (χ0) is 33.3. The van der Waals surface area contributed by atoms with Crippen LogP contribution < -0.4 is 15.4 Å². The summed E-state index contributed by atoms with van der Waals surface area (Å²) in [6.07, 6.45) is 0.429. The first-order valence-corrected chi connectivity index (χ1v) is 17.0. The highest BCUT2D eigenvalue weighted by molar-refractivity contribution is 7.99. The number of aromatic nitrogens is 1. The molecule has 5 aromatic rings. The average Bonchev–Trinajstić information content (AvgIpc) is 3.14. The molecule has 3 N–H and O–H groups in total. The summed E-state index contributed by atoms with van der Waals surface area (Å²) in [5.41, 5.74) is 6.80. The van der Waals surface area contributed by atoms with E-state index in [9.17, 15) is 15.1 Å². The first-order valence-electron chi connectivity index (χ1n) is 16.0. The first kappa shape index (κ1) is 33.2. The number of hydrogen-bond donors (Lipinski definition) is 3. The Labute approximate surface area is 285 Å². The number of nitrogens with zero attached hydrogens (tertiary/aromatic N) is 1. The molecule has 0 saturated carbocycles. The number of nitrogens with one attached hydrogen (secondary N) is 2. The van der Waals surface area contributed by atoms with Gasteiger partial charge in [-0.2, -0.15) is 4.73 Å². The Kier molecular flexibility index (Phi) is 11.0. The molecule has 1 fully saturated rings. The van der Waals surface area contributed by atoms with Gasteiger partial charge in [-0.3, -0.25) is 0 Å². The number of hydrogen-bond acceptors (Lipinski definition) is 6. The highest BCUT2D eigenvalue weighted by Crippen LogP contribution is 2.43. The van der Waals surface area contributed by atoms with Gasteiger partial charge in [0, 0.05) is 42.5 Å². The topological polar surface area (TPSA) is 107 Å². The molecule has 8 nitrogen and oxygen atoms in total. The summed E-state index contributed by atoms with van der Waals surface area (Å²) in [6, 6.07) is 39.0. The number of amides is 2. The third-order valence-corrected chi connectivity index (χ3v) is 9.66. The van der Waals surface area contributed by atoms with Crippen molar-refractivity contribution in [1.29, 1.82) is 0 Å². The van der Waals surface area contributed by atoms with Crippen molar-refractivity contribution < 1.29 is 24.1 Å². The molecular formula is C39H39N3O5S. The van der Waals surface area contributed by atoms with E-state index >= 15 is 0 Å². The van der Waals surface area contributed by atoms with Gasteiger partial charge in [0.2, 0.25) is 0 Å². The first-order chi connectivity index (χ1) is 23.5. The van der Waals surface area contributed by atoms with Gasteiger partial charge in [-0.15, -0.1) is 0 Å². The molecule has 1 aliphatic rings. The quantitative estimate of drug-likeness (QED) is 0.0795. The molecule has 4 atom stereocenters. The molecule has 246 valence electrons. The summed E-state index contributed by atoms with van der Waals surface area (Å²) >= 11 is 1.47. The predicted octanol–water partition coefficient (Wildman–Crippen LogP) is 7.06. The Morgan fingerprint density at radius 2 is 1.48 bits per heavy atom. The normalized spacial score (nSPS) is 19.0. The monoisotopic (exact) mass is 661 g/mol. The zero-order valence-electron chi connectivity index (χ0n) is 26.7. The number of thioether (sulfide) groups is 1. The molecule has 4 unspecified atom stereocenters. The molecule has 1 aliphatic heterocycles. The Bertz CT molecular complexity index is 1790. The van der Waals surface area contributed by atoms with E-state index in [1.807, 2.05) is 115 Å². The molecule has 9 heteroatoms. The summed E-state index contributed by atoms with van der Waals surface area (Å²) in [4.78, 5) is 12.5. The highest BCUT2D eigenvalue weighted by Gasteiger charge is 2.38. The number of carbonyl (C=O) groups is 1. The second-order valence-corrected chi connectivity index (χ2v) is 12.8. The summed E-state index contributed by atoms with van der Waals surface area (Å²) in [5, 5.41) is 28.4. The van der Waals surface area contributed by atoms with Gasteiger partial charge in [0.05, 0.1) is 18.8 Å². The second-order valence-electron chi connectivity index (χ2n) is 11.8. The lowest BCUT2D eigenvalue weighted by atomic mass is 9.91. The van der Waals surface area contributed by atoms with Crippen molar-refractivity contribution >= 4 is 17.8 Å². The fourth-order valence-corrected chi connectivity index (χ4v) is 6.87. The number of rotatable bonds is 11. The summed E-state index contributed by atoms with van der Waals surface area (Å²) in [6.45, 7) is 2.93. The second kappa shape index (κ2) is 16.0. The highest BCUT2D eigenvalue weighted by atomic mass is 32.2. The van der Waals surface area contributed by atoms with Crippen LogP contribution in [0, 0.1) is 11.1 Å². The smallest absolute Gasteiger partial charge is 0.315 e. The van der Waals surface area contributed by atoms with Gasteiger partial charge in [0.25, 0.3) is 5.03 Å². The van der Waals surface area contributed by atoms with Crippen LogP contribution in [-0.2, 0) is 29.2 Å². The van der Waals surface area contributed by atoms with Crippen LogP contribution >= 0.6 is 11.8 Å². The molecule has 2 amide bonds. The van der Waals surface area contributed by atoms with Gasteiger partial charge in [0.15, 0.2) is 12.5 Å². The van der Waals surface area contributed by atoms with Gasteiger partial charge < -0.3 is 30.4 Å². The number of urea groups is 1. The number of aliphatic hydroxyl groups is 1. The van der Waals surface area contributed by atoms with Crippen LogP contribution in [0.1, 0.15) is 47.1 Å². The number of benzene rings is 4. The van der Waals surface area contributed by atoms with Crippen LogP contribution in [0.2, 0.25) is 0 Å². The Morgan fingerprint density at radius 1 is 0.792 bits per heavy atom. The lowest BCUT2D eigenvalue weighted by Crippen LogP contribution is -2.39. The van der Waals surface area contributed by atoms with Crippen molar-refractivity contribution in [3.63, 3.8) is 0 Å². The number of pyridine rings is 1. The van der Waals surface area contributed by atoms with Crippen LogP contribution in [0.25, 0.3) is 11.1 Å². The van der Waals surface area contributed by atoms with Crippen LogP contribution in [0.15, 0.2) is 133 Å². The minimum atomic E-state index is -0.622. The number of carbonyl (C=O) groups excluding carboxylic acids is 1. The minimum absolute atomic E-state index is 0.00100. The van der Waals surface area contributed by atoms with Crippen LogP contribution in [0.5, 0.6) is 0 Å². The molecule has 0 bridgehead atoms. The third kappa shape index (κ3) is 8.24. The van der Waals surface area contributed by atoms with Crippen molar-refractivity contribution in [3.8, 4) is 11.1 Å². The molecule has 0 spiro atoms. The van der Waals surface area contributed by atoms with E-state index in [4.69, 9.17) is 9.47 Å². The van der Waals surface area contributed by atoms with Crippen molar-refractivity contribution in [2.75, 3.05) is 5.75 Å². The average molecular weight is 662 g/mol. The Hall–Kier alpha value is -4.67. The molecule has 6 rings (SSSR count). The van der Waals surface area contributed by atoms with E-state index in [0.29, 0.717) is 23.9 Å². The predicted molar refractivity (Wildman–Crippen MR) is 186 cm³/mol. The summed E-state index contributed by atoms with van der Waals surface area (Å²) in [5.74, 6) is 0.580. The van der Waals surface area contributed by atoms with Crippen molar-refractivity contribution in [2.24, 2.45) is 5.92 Å². The Morgan fingerprint density at radius 3 is 2.23 bits per heavy atom. The van der Waals surface area contributed by atoms with Crippen molar-refractivity contribution in [2.45, 2.75) is 50.1 Å². The molecular weight excluding hydrogens is 623 g/mol.